The smallest absolute Gasteiger partial charge is 0.416 e. The van der Waals surface area contributed by atoms with E-state index in [-0.39, 0.29) is 12.4 Å². The monoisotopic (exact) mass is 510 g/mol. The van der Waals surface area contributed by atoms with Crippen LogP contribution in [0.2, 0.25) is 0 Å². The fourth-order valence-electron chi connectivity index (χ4n) is 4.05. The van der Waals surface area contributed by atoms with Crippen molar-refractivity contribution in [2.24, 2.45) is 0 Å². The lowest BCUT2D eigenvalue weighted by atomic mass is 10.1. The number of pyridine rings is 1. The number of hydrogen-bond donors (Lipinski definition) is 1. The zero-order valence-corrected chi connectivity index (χ0v) is 21.2. The van der Waals surface area contributed by atoms with Crippen LogP contribution < -0.4 is 4.74 Å². The molecule has 0 bridgehead atoms. The molecule has 4 rings (SSSR count). The van der Waals surface area contributed by atoms with Gasteiger partial charge in [-0.2, -0.15) is 13.2 Å². The minimum Gasteiger partial charge on any atom is -0.493 e. The van der Waals surface area contributed by atoms with Crippen molar-refractivity contribution in [1.29, 1.82) is 0 Å². The summed E-state index contributed by atoms with van der Waals surface area (Å²) < 4.78 is 49.9. The molecule has 2 aromatic heterocycles. The Labute approximate surface area is 213 Å². The Hall–Kier alpha value is -3.81. The van der Waals surface area contributed by atoms with Crippen LogP contribution in [0.4, 0.5) is 13.2 Å². The van der Waals surface area contributed by atoms with E-state index in [0.29, 0.717) is 30.0 Å². The second-order valence-corrected chi connectivity index (χ2v) is 9.90. The van der Waals surface area contributed by atoms with Crippen LogP contribution in [0.5, 0.6) is 5.75 Å². The van der Waals surface area contributed by atoms with Crippen molar-refractivity contribution < 1.29 is 27.4 Å². The van der Waals surface area contributed by atoms with Crippen molar-refractivity contribution in [2.45, 2.75) is 52.3 Å². The van der Waals surface area contributed by atoms with E-state index in [9.17, 15) is 18.0 Å². The third-order valence-corrected chi connectivity index (χ3v) is 5.84. The van der Waals surface area contributed by atoms with Crippen molar-refractivity contribution in [3.63, 3.8) is 0 Å². The van der Waals surface area contributed by atoms with E-state index < -0.39 is 17.3 Å². The van der Waals surface area contributed by atoms with Crippen LogP contribution in [0.15, 0.2) is 60.8 Å². The highest BCUT2D eigenvalue weighted by atomic mass is 19.4. The van der Waals surface area contributed by atoms with Gasteiger partial charge in [0.05, 0.1) is 24.3 Å². The van der Waals surface area contributed by atoms with E-state index in [1.807, 2.05) is 58.2 Å². The average molecular weight is 511 g/mol. The van der Waals surface area contributed by atoms with Gasteiger partial charge in [0.1, 0.15) is 11.4 Å². The van der Waals surface area contributed by atoms with Gasteiger partial charge >= 0.3 is 12.1 Å². The number of benzene rings is 2. The number of aromatic nitrogens is 2. The molecule has 2 heterocycles. The number of esters is 1. The summed E-state index contributed by atoms with van der Waals surface area (Å²) in [5, 5.41) is 0.905. The summed E-state index contributed by atoms with van der Waals surface area (Å²) in [6.07, 6.45) is -1.78. The van der Waals surface area contributed by atoms with Crippen LogP contribution in [-0.2, 0) is 28.5 Å². The van der Waals surface area contributed by atoms with Crippen molar-refractivity contribution in [2.75, 3.05) is 6.61 Å². The Morgan fingerprint density at radius 3 is 2.35 bits per heavy atom. The summed E-state index contributed by atoms with van der Waals surface area (Å²) in [6, 6.07) is 14.4. The van der Waals surface area contributed by atoms with Gasteiger partial charge in [0.15, 0.2) is 0 Å². The molecule has 0 amide bonds. The van der Waals surface area contributed by atoms with Gasteiger partial charge in [-0.15, -0.1) is 0 Å². The standard InChI is InChI=1S/C29H29F3N2O3/c1-18-19(7-11-25(34-18)20-5-8-22(9-6-20)29(30,31)32)13-14-36-23-10-12-26-24(16-23)21(17-33-26)15-27(35)37-28(2,3)4/h5-12,16-17,33H,13-15H2,1-4H3. The molecule has 2 aromatic carbocycles. The summed E-state index contributed by atoms with van der Waals surface area (Å²) in [6.45, 7) is 7.81. The largest absolute Gasteiger partial charge is 0.493 e. The van der Waals surface area contributed by atoms with Crippen LogP contribution in [0.25, 0.3) is 22.2 Å². The molecule has 37 heavy (non-hydrogen) atoms. The number of nitrogens with zero attached hydrogens (tertiary/aromatic N) is 1. The number of H-pyrrole nitrogens is 1. The first kappa shape index (κ1) is 26.3. The molecule has 0 aliphatic heterocycles. The Balaban J connectivity index is 1.39. The molecule has 0 fully saturated rings. The molecule has 0 aliphatic carbocycles. The highest BCUT2D eigenvalue weighted by Gasteiger charge is 2.30. The maximum Gasteiger partial charge on any atom is 0.416 e. The number of rotatable bonds is 7. The van der Waals surface area contributed by atoms with Crippen LogP contribution in [0.1, 0.15) is 43.2 Å². The molecule has 1 N–H and O–H groups in total. The molecular formula is C29H29F3N2O3. The number of halogens is 3. The van der Waals surface area contributed by atoms with Gasteiger partial charge in [-0.1, -0.05) is 18.2 Å². The van der Waals surface area contributed by atoms with Gasteiger partial charge in [-0.05, 0) is 75.2 Å². The van der Waals surface area contributed by atoms with Gasteiger partial charge in [0.25, 0.3) is 0 Å². The molecule has 4 aromatic rings. The van der Waals surface area contributed by atoms with E-state index in [4.69, 9.17) is 9.47 Å². The number of carbonyl (C=O) groups excluding carboxylic acids is 1. The molecule has 0 saturated heterocycles. The summed E-state index contributed by atoms with van der Waals surface area (Å²) >= 11 is 0. The number of aryl methyl sites for hydroxylation is 1. The SMILES string of the molecule is Cc1nc(-c2ccc(C(F)(F)F)cc2)ccc1CCOc1ccc2[nH]cc(CC(=O)OC(C)(C)C)c2c1. The lowest BCUT2D eigenvalue weighted by Gasteiger charge is -2.19. The fourth-order valence-corrected chi connectivity index (χ4v) is 4.05. The van der Waals surface area contributed by atoms with Gasteiger partial charge in [-0.3, -0.25) is 9.78 Å². The third kappa shape index (κ3) is 6.70. The van der Waals surface area contributed by atoms with Gasteiger partial charge in [-0.25, -0.2) is 0 Å². The summed E-state index contributed by atoms with van der Waals surface area (Å²) in [7, 11) is 0. The number of alkyl halides is 3. The number of nitrogens with one attached hydrogen (secondary N) is 1. The van der Waals surface area contributed by atoms with Gasteiger partial charge in [0, 0.05) is 34.8 Å². The average Bonchev–Trinajstić information content (AvgIpc) is 3.20. The lowest BCUT2D eigenvalue weighted by molar-refractivity contribution is -0.153. The predicted molar refractivity (Wildman–Crippen MR) is 136 cm³/mol. The number of fused-ring (bicyclic) bond motifs is 1. The first-order valence-corrected chi connectivity index (χ1v) is 12.0. The lowest BCUT2D eigenvalue weighted by Crippen LogP contribution is -2.24. The zero-order valence-electron chi connectivity index (χ0n) is 21.2. The number of ether oxygens (including phenoxy) is 2. The second-order valence-electron chi connectivity index (χ2n) is 9.90. The van der Waals surface area contributed by atoms with E-state index in [1.54, 1.807) is 6.07 Å². The molecule has 0 spiro atoms. The van der Waals surface area contributed by atoms with E-state index in [1.165, 1.54) is 12.1 Å². The van der Waals surface area contributed by atoms with Crippen molar-refractivity contribution in [1.82, 2.24) is 9.97 Å². The van der Waals surface area contributed by atoms with E-state index in [2.05, 4.69) is 9.97 Å². The fraction of sp³-hybridized carbons (Fsp3) is 0.310. The molecule has 5 nitrogen and oxygen atoms in total. The van der Waals surface area contributed by atoms with Crippen molar-refractivity contribution in [3.8, 4) is 17.0 Å². The highest BCUT2D eigenvalue weighted by Crippen LogP contribution is 2.31. The number of hydrogen-bond acceptors (Lipinski definition) is 4. The molecule has 0 atom stereocenters. The number of carbonyl (C=O) groups is 1. The Kier molecular flexibility index (Phi) is 7.30. The van der Waals surface area contributed by atoms with Crippen LogP contribution in [-0.4, -0.2) is 28.1 Å². The minimum atomic E-state index is -4.36. The molecule has 0 radical (unpaired) electrons. The first-order chi connectivity index (χ1) is 17.4. The molecule has 8 heteroatoms. The van der Waals surface area contributed by atoms with Crippen LogP contribution >= 0.6 is 0 Å². The normalized spacial score (nSPS) is 12.1. The van der Waals surface area contributed by atoms with E-state index >= 15 is 0 Å². The highest BCUT2D eigenvalue weighted by molar-refractivity contribution is 5.88. The Bertz CT molecular complexity index is 1400. The predicted octanol–water partition coefficient (Wildman–Crippen LogP) is 7.06. The summed E-state index contributed by atoms with van der Waals surface area (Å²) in [5.41, 5.74) is 3.55. The molecule has 0 unspecified atom stereocenters. The Morgan fingerprint density at radius 1 is 0.973 bits per heavy atom. The minimum absolute atomic E-state index is 0.164. The van der Waals surface area contributed by atoms with Crippen molar-refractivity contribution in [3.05, 3.63) is 83.2 Å². The quantitative estimate of drug-likeness (QED) is 0.270. The molecule has 194 valence electrons. The van der Waals surface area contributed by atoms with Gasteiger partial charge < -0.3 is 14.5 Å². The molecular weight excluding hydrogens is 481 g/mol. The van der Waals surface area contributed by atoms with Crippen molar-refractivity contribution >= 4 is 16.9 Å². The summed E-state index contributed by atoms with van der Waals surface area (Å²) in [4.78, 5) is 20.0. The van der Waals surface area contributed by atoms with Gasteiger partial charge in [0.2, 0.25) is 0 Å². The second kappa shape index (κ2) is 10.3. The summed E-state index contributed by atoms with van der Waals surface area (Å²) in [5.74, 6) is 0.395. The first-order valence-electron chi connectivity index (χ1n) is 12.0. The molecule has 0 aliphatic rings. The maximum absolute atomic E-state index is 12.8. The van der Waals surface area contributed by atoms with Crippen LogP contribution in [0, 0.1) is 6.92 Å². The Morgan fingerprint density at radius 2 is 1.70 bits per heavy atom. The van der Waals surface area contributed by atoms with E-state index in [0.717, 1.165) is 39.9 Å². The number of aromatic amines is 1. The third-order valence-electron chi connectivity index (χ3n) is 5.84. The maximum atomic E-state index is 12.8. The molecule has 0 saturated carbocycles. The van der Waals surface area contributed by atoms with Crippen LogP contribution in [0.3, 0.4) is 0 Å². The zero-order chi connectivity index (χ0) is 26.8. The topological polar surface area (TPSA) is 64.2 Å².